The first kappa shape index (κ1) is 11.8. The molecular formula is C16H17N3. The van der Waals surface area contributed by atoms with Gasteiger partial charge in [0.05, 0.1) is 5.69 Å². The maximum Gasteiger partial charge on any atom is 0.137 e. The Morgan fingerprint density at radius 1 is 1.11 bits per heavy atom. The molecule has 3 rings (SSSR count). The Kier molecular flexibility index (Phi) is 2.75. The molecule has 0 radical (unpaired) electrons. The molecule has 3 nitrogen and oxygen atoms in total. The molecule has 2 aromatic heterocycles. The Morgan fingerprint density at radius 3 is 2.68 bits per heavy atom. The fourth-order valence-corrected chi connectivity index (χ4v) is 2.38. The lowest BCUT2D eigenvalue weighted by Gasteiger charge is -2.15. The van der Waals surface area contributed by atoms with E-state index in [1.807, 2.05) is 18.5 Å². The number of nitrogens with zero attached hydrogens (tertiary/aromatic N) is 3. The van der Waals surface area contributed by atoms with Crippen LogP contribution in [-0.4, -0.2) is 23.5 Å². The van der Waals surface area contributed by atoms with Crippen molar-refractivity contribution in [2.24, 2.45) is 0 Å². The summed E-state index contributed by atoms with van der Waals surface area (Å²) < 4.78 is 2.12. The first-order chi connectivity index (χ1) is 9.16. The molecule has 0 unspecified atom stereocenters. The number of aryl methyl sites for hydroxylation is 1. The largest absolute Gasteiger partial charge is 0.378 e. The van der Waals surface area contributed by atoms with Gasteiger partial charge in [-0.15, -0.1) is 0 Å². The van der Waals surface area contributed by atoms with E-state index in [0.717, 1.165) is 5.65 Å². The van der Waals surface area contributed by atoms with Crippen LogP contribution in [0.2, 0.25) is 0 Å². The highest BCUT2D eigenvalue weighted by Crippen LogP contribution is 2.27. The number of hydrogen-bond donors (Lipinski definition) is 0. The van der Waals surface area contributed by atoms with Crippen LogP contribution in [0.3, 0.4) is 0 Å². The van der Waals surface area contributed by atoms with Gasteiger partial charge in [0, 0.05) is 37.7 Å². The van der Waals surface area contributed by atoms with E-state index < -0.39 is 0 Å². The number of imidazole rings is 1. The molecular weight excluding hydrogens is 234 g/mol. The normalized spacial score (nSPS) is 10.9. The fraction of sp³-hybridized carbons (Fsp3) is 0.188. The van der Waals surface area contributed by atoms with Crippen LogP contribution in [0.5, 0.6) is 0 Å². The van der Waals surface area contributed by atoms with E-state index in [4.69, 9.17) is 0 Å². The number of benzene rings is 1. The van der Waals surface area contributed by atoms with Crippen molar-refractivity contribution in [2.75, 3.05) is 19.0 Å². The van der Waals surface area contributed by atoms with Gasteiger partial charge in [0.15, 0.2) is 0 Å². The third kappa shape index (κ3) is 1.97. The highest BCUT2D eigenvalue weighted by Gasteiger charge is 2.07. The third-order valence-corrected chi connectivity index (χ3v) is 3.43. The van der Waals surface area contributed by atoms with Gasteiger partial charge >= 0.3 is 0 Å². The summed E-state index contributed by atoms with van der Waals surface area (Å²) in [5.74, 6) is 0. The number of rotatable bonds is 2. The highest BCUT2D eigenvalue weighted by atomic mass is 15.1. The molecule has 0 aliphatic carbocycles. The molecule has 0 atom stereocenters. The molecule has 0 N–H and O–H groups in total. The lowest BCUT2D eigenvalue weighted by Crippen LogP contribution is -2.08. The van der Waals surface area contributed by atoms with Crippen LogP contribution in [0.15, 0.2) is 48.8 Å². The van der Waals surface area contributed by atoms with Crippen molar-refractivity contribution in [3.63, 3.8) is 0 Å². The molecule has 0 saturated carbocycles. The first-order valence-corrected chi connectivity index (χ1v) is 6.37. The average Bonchev–Trinajstić information content (AvgIpc) is 2.86. The van der Waals surface area contributed by atoms with E-state index in [1.54, 1.807) is 0 Å². The van der Waals surface area contributed by atoms with Crippen molar-refractivity contribution in [2.45, 2.75) is 6.92 Å². The lowest BCUT2D eigenvalue weighted by atomic mass is 10.0. The van der Waals surface area contributed by atoms with Gasteiger partial charge < -0.3 is 4.90 Å². The monoisotopic (exact) mass is 251 g/mol. The lowest BCUT2D eigenvalue weighted by molar-refractivity contribution is 1.12. The van der Waals surface area contributed by atoms with Crippen molar-refractivity contribution in [1.29, 1.82) is 0 Å². The van der Waals surface area contributed by atoms with Gasteiger partial charge in [-0.3, -0.25) is 4.40 Å². The molecule has 0 saturated heterocycles. The topological polar surface area (TPSA) is 20.5 Å². The second-order valence-electron chi connectivity index (χ2n) is 4.96. The number of anilines is 1. The predicted octanol–water partition coefficient (Wildman–Crippen LogP) is 3.38. The summed E-state index contributed by atoms with van der Waals surface area (Å²) >= 11 is 0. The van der Waals surface area contributed by atoms with E-state index in [9.17, 15) is 0 Å². The summed E-state index contributed by atoms with van der Waals surface area (Å²) in [6.45, 7) is 2.15. The van der Waals surface area contributed by atoms with Gasteiger partial charge in [-0.2, -0.15) is 0 Å². The molecule has 0 bridgehead atoms. The minimum Gasteiger partial charge on any atom is -0.378 e. The molecule has 0 aliphatic rings. The van der Waals surface area contributed by atoms with E-state index in [1.165, 1.54) is 22.5 Å². The zero-order valence-electron chi connectivity index (χ0n) is 11.5. The number of pyridine rings is 1. The fourth-order valence-electron chi connectivity index (χ4n) is 2.38. The molecule has 0 aliphatic heterocycles. The minimum absolute atomic E-state index is 0.980. The maximum atomic E-state index is 4.34. The molecule has 0 amide bonds. The molecule has 96 valence electrons. The van der Waals surface area contributed by atoms with Gasteiger partial charge in [0.2, 0.25) is 0 Å². The molecule has 1 aromatic carbocycles. The van der Waals surface area contributed by atoms with Crippen molar-refractivity contribution < 1.29 is 0 Å². The summed E-state index contributed by atoms with van der Waals surface area (Å²) in [7, 11) is 4.12. The number of aromatic nitrogens is 2. The second kappa shape index (κ2) is 4.43. The van der Waals surface area contributed by atoms with E-state index in [0.29, 0.717) is 0 Å². The smallest absolute Gasteiger partial charge is 0.137 e. The van der Waals surface area contributed by atoms with Gasteiger partial charge in [0.25, 0.3) is 0 Å². The molecule has 0 fully saturated rings. The van der Waals surface area contributed by atoms with E-state index in [-0.39, 0.29) is 0 Å². The first-order valence-electron chi connectivity index (χ1n) is 6.37. The van der Waals surface area contributed by atoms with Crippen molar-refractivity contribution in [3.05, 3.63) is 54.4 Å². The van der Waals surface area contributed by atoms with Crippen LogP contribution in [0, 0.1) is 6.92 Å². The Balaban J connectivity index is 2.19. The van der Waals surface area contributed by atoms with Crippen LogP contribution in [0.4, 0.5) is 5.69 Å². The Morgan fingerprint density at radius 2 is 1.95 bits per heavy atom. The molecule has 2 heterocycles. The average molecular weight is 251 g/mol. The van der Waals surface area contributed by atoms with Crippen molar-refractivity contribution in [3.8, 4) is 11.3 Å². The number of fused-ring (bicyclic) bond motifs is 1. The van der Waals surface area contributed by atoms with E-state index in [2.05, 4.69) is 65.6 Å². The second-order valence-corrected chi connectivity index (χ2v) is 4.96. The van der Waals surface area contributed by atoms with Crippen LogP contribution >= 0.6 is 0 Å². The van der Waals surface area contributed by atoms with Crippen LogP contribution in [0.25, 0.3) is 16.9 Å². The van der Waals surface area contributed by atoms with E-state index >= 15 is 0 Å². The highest BCUT2D eigenvalue weighted by molar-refractivity contribution is 5.69. The van der Waals surface area contributed by atoms with Gasteiger partial charge in [-0.1, -0.05) is 12.1 Å². The molecule has 3 heteroatoms. The summed E-state index contributed by atoms with van der Waals surface area (Å²) in [6, 6.07) is 12.7. The predicted molar refractivity (Wildman–Crippen MR) is 79.7 cm³/mol. The summed E-state index contributed by atoms with van der Waals surface area (Å²) in [4.78, 5) is 6.45. The SMILES string of the molecule is Cc1cc(N(C)C)ccc1-c1cccc2nccn12. The number of hydrogen-bond acceptors (Lipinski definition) is 2. The minimum atomic E-state index is 0.980. The van der Waals surface area contributed by atoms with Gasteiger partial charge in [0.1, 0.15) is 5.65 Å². The quantitative estimate of drug-likeness (QED) is 0.696. The Labute approximate surface area is 113 Å². The van der Waals surface area contributed by atoms with Crippen molar-refractivity contribution >= 4 is 11.3 Å². The van der Waals surface area contributed by atoms with Gasteiger partial charge in [-0.25, -0.2) is 4.98 Å². The zero-order valence-corrected chi connectivity index (χ0v) is 11.5. The Bertz CT molecular complexity index is 726. The van der Waals surface area contributed by atoms with Gasteiger partial charge in [-0.05, 0) is 36.8 Å². The van der Waals surface area contributed by atoms with Crippen LogP contribution in [-0.2, 0) is 0 Å². The zero-order chi connectivity index (χ0) is 13.4. The summed E-state index contributed by atoms with van der Waals surface area (Å²) in [5.41, 5.74) is 5.90. The van der Waals surface area contributed by atoms with Crippen molar-refractivity contribution in [1.82, 2.24) is 9.38 Å². The summed E-state index contributed by atoms with van der Waals surface area (Å²) in [5, 5.41) is 0. The molecule has 19 heavy (non-hydrogen) atoms. The molecule has 0 spiro atoms. The standard InChI is InChI=1S/C16H17N3/c1-12-11-13(18(2)3)7-8-14(12)15-5-4-6-16-17-9-10-19(15)16/h4-11H,1-3H3. The third-order valence-electron chi connectivity index (χ3n) is 3.43. The van der Waals surface area contributed by atoms with Crippen LogP contribution in [0.1, 0.15) is 5.56 Å². The Hall–Kier alpha value is -2.29. The van der Waals surface area contributed by atoms with Crippen LogP contribution < -0.4 is 4.90 Å². The molecule has 3 aromatic rings. The summed E-state index contributed by atoms with van der Waals surface area (Å²) in [6.07, 6.45) is 3.84. The maximum absolute atomic E-state index is 4.34.